The first-order valence-electron chi connectivity index (χ1n) is 8.30. The second kappa shape index (κ2) is 9.57. The summed E-state index contributed by atoms with van der Waals surface area (Å²) in [4.78, 5) is 9.62. The monoisotopic (exact) mass is 314 g/mol. The molecule has 0 aromatic heterocycles. The van der Waals surface area contributed by atoms with E-state index in [1.807, 2.05) is 0 Å². The number of hydrogen-bond acceptors (Lipinski definition) is 3. The molecule has 0 amide bonds. The molecule has 0 radical (unpaired) electrons. The van der Waals surface area contributed by atoms with Crippen LogP contribution in [0.4, 0.5) is 0 Å². The third-order valence-corrected chi connectivity index (χ3v) is 5.61. The Bertz CT molecular complexity index is 317. The average molecular weight is 315 g/mol. The van der Waals surface area contributed by atoms with Gasteiger partial charge >= 0.3 is 0 Å². The Morgan fingerprint density at radius 1 is 1.38 bits per heavy atom. The van der Waals surface area contributed by atoms with Crippen molar-refractivity contribution in [1.82, 2.24) is 15.1 Å². The topological polar surface area (TPSA) is 30.9 Å². The fraction of sp³-hybridized carbons (Fsp3) is 0.938. The molecular formula is C16H34N4S. The molecule has 1 heterocycles. The van der Waals surface area contributed by atoms with E-state index in [0.29, 0.717) is 6.04 Å². The van der Waals surface area contributed by atoms with Gasteiger partial charge in [0.15, 0.2) is 5.96 Å². The fourth-order valence-electron chi connectivity index (χ4n) is 2.27. The summed E-state index contributed by atoms with van der Waals surface area (Å²) in [5.41, 5.74) is 0. The zero-order valence-electron chi connectivity index (χ0n) is 14.7. The predicted molar refractivity (Wildman–Crippen MR) is 96.4 cm³/mol. The molecular weight excluding hydrogens is 280 g/mol. The van der Waals surface area contributed by atoms with Gasteiger partial charge in [-0.25, -0.2) is 0 Å². The molecule has 0 aliphatic carbocycles. The molecule has 21 heavy (non-hydrogen) atoms. The molecule has 1 N–H and O–H groups in total. The quantitative estimate of drug-likeness (QED) is 0.602. The number of aliphatic imine (C=N–C) groups is 1. The maximum absolute atomic E-state index is 4.83. The fourth-order valence-corrected chi connectivity index (χ4v) is 3.57. The van der Waals surface area contributed by atoms with Crippen molar-refractivity contribution in [3.8, 4) is 0 Å². The van der Waals surface area contributed by atoms with E-state index in [2.05, 4.69) is 68.5 Å². The minimum atomic E-state index is 0.583. The van der Waals surface area contributed by atoms with Crippen molar-refractivity contribution in [3.63, 3.8) is 0 Å². The minimum Gasteiger partial charge on any atom is -0.357 e. The van der Waals surface area contributed by atoms with Crippen LogP contribution in [0.15, 0.2) is 4.99 Å². The summed E-state index contributed by atoms with van der Waals surface area (Å²) in [5, 5.41) is 4.19. The van der Waals surface area contributed by atoms with Crippen molar-refractivity contribution >= 4 is 17.7 Å². The molecule has 1 fully saturated rings. The van der Waals surface area contributed by atoms with Crippen molar-refractivity contribution in [1.29, 1.82) is 0 Å². The lowest BCUT2D eigenvalue weighted by Gasteiger charge is -2.36. The van der Waals surface area contributed by atoms with Gasteiger partial charge in [-0.2, -0.15) is 11.8 Å². The molecule has 5 heteroatoms. The first-order valence-corrected chi connectivity index (χ1v) is 9.35. The number of likely N-dealkylation sites (N-methyl/N-ethyl adjacent to an activating group) is 1. The van der Waals surface area contributed by atoms with Crippen LogP contribution >= 0.6 is 11.8 Å². The average Bonchev–Trinajstić information content (AvgIpc) is 2.46. The van der Waals surface area contributed by atoms with Gasteiger partial charge in [-0.15, -0.1) is 0 Å². The Kier molecular flexibility index (Phi) is 8.49. The second-order valence-corrected chi connectivity index (χ2v) is 7.76. The third-order valence-electron chi connectivity index (χ3n) is 4.07. The third kappa shape index (κ3) is 6.47. The van der Waals surface area contributed by atoms with Crippen molar-refractivity contribution in [3.05, 3.63) is 0 Å². The molecule has 0 aromatic carbocycles. The molecule has 0 bridgehead atoms. The lowest BCUT2D eigenvalue weighted by Crippen LogP contribution is -2.49. The summed E-state index contributed by atoms with van der Waals surface area (Å²) in [6.45, 7) is 16.3. The van der Waals surface area contributed by atoms with Gasteiger partial charge in [0.1, 0.15) is 0 Å². The van der Waals surface area contributed by atoms with Crippen LogP contribution in [0, 0.1) is 5.92 Å². The zero-order valence-corrected chi connectivity index (χ0v) is 15.5. The van der Waals surface area contributed by atoms with Crippen LogP contribution in [0.5, 0.6) is 0 Å². The molecule has 4 nitrogen and oxygen atoms in total. The normalized spacial score (nSPS) is 20.7. The summed E-state index contributed by atoms with van der Waals surface area (Å²) in [5.74, 6) is 3.03. The van der Waals surface area contributed by atoms with Crippen molar-refractivity contribution in [2.24, 2.45) is 10.9 Å². The second-order valence-electron chi connectivity index (χ2n) is 6.41. The first-order chi connectivity index (χ1) is 9.95. The molecule has 1 atom stereocenters. The number of nitrogens with zero attached hydrogens (tertiary/aromatic N) is 3. The summed E-state index contributed by atoms with van der Waals surface area (Å²) in [7, 11) is 2.17. The van der Waals surface area contributed by atoms with Crippen LogP contribution in [0.3, 0.4) is 0 Å². The van der Waals surface area contributed by atoms with E-state index in [-0.39, 0.29) is 0 Å². The molecule has 0 spiro atoms. The van der Waals surface area contributed by atoms with E-state index in [0.717, 1.165) is 49.9 Å². The summed E-state index contributed by atoms with van der Waals surface area (Å²) in [6, 6.07) is 0.583. The molecule has 0 aromatic rings. The zero-order chi connectivity index (χ0) is 15.8. The maximum atomic E-state index is 4.83. The molecule has 124 valence electrons. The van der Waals surface area contributed by atoms with E-state index in [9.17, 15) is 0 Å². The lowest BCUT2D eigenvalue weighted by atomic mass is 10.1. The Labute approximate surface area is 135 Å². The van der Waals surface area contributed by atoms with Crippen LogP contribution in [0.25, 0.3) is 0 Å². The van der Waals surface area contributed by atoms with Gasteiger partial charge in [0, 0.05) is 43.2 Å². The highest BCUT2D eigenvalue weighted by atomic mass is 32.2. The minimum absolute atomic E-state index is 0.583. The summed E-state index contributed by atoms with van der Waals surface area (Å²) in [6.07, 6.45) is 0. The SMILES string of the molecule is CCNC(=NCCN(C)C(C)C)N1CCSC(C(C)C)C1. The van der Waals surface area contributed by atoms with Gasteiger partial charge in [0.25, 0.3) is 0 Å². The van der Waals surface area contributed by atoms with Gasteiger partial charge in [-0.05, 0) is 33.7 Å². The van der Waals surface area contributed by atoms with E-state index in [1.54, 1.807) is 0 Å². The van der Waals surface area contributed by atoms with Gasteiger partial charge in [-0.3, -0.25) is 4.99 Å². The van der Waals surface area contributed by atoms with Crippen LogP contribution in [0.2, 0.25) is 0 Å². The highest BCUT2D eigenvalue weighted by Crippen LogP contribution is 2.24. The number of rotatable bonds is 6. The van der Waals surface area contributed by atoms with E-state index >= 15 is 0 Å². The number of thioether (sulfide) groups is 1. The molecule has 1 aliphatic heterocycles. The van der Waals surface area contributed by atoms with Crippen molar-refractivity contribution in [2.75, 3.05) is 45.5 Å². The predicted octanol–water partition coefficient (Wildman–Crippen LogP) is 2.37. The highest BCUT2D eigenvalue weighted by molar-refractivity contribution is 8.00. The standard InChI is InChI=1S/C16H34N4S/c1-7-17-16(18-8-9-19(6)14(4)5)20-10-11-21-15(12-20)13(2)3/h13-15H,7-12H2,1-6H3,(H,17,18). The Morgan fingerprint density at radius 3 is 2.67 bits per heavy atom. The molecule has 0 saturated carbocycles. The number of guanidine groups is 1. The van der Waals surface area contributed by atoms with Crippen molar-refractivity contribution < 1.29 is 0 Å². The van der Waals surface area contributed by atoms with Crippen LogP contribution in [0.1, 0.15) is 34.6 Å². The van der Waals surface area contributed by atoms with E-state index < -0.39 is 0 Å². The van der Waals surface area contributed by atoms with Crippen molar-refractivity contribution in [2.45, 2.75) is 45.9 Å². The highest BCUT2D eigenvalue weighted by Gasteiger charge is 2.24. The number of nitrogens with one attached hydrogen (secondary N) is 1. The van der Waals surface area contributed by atoms with Gasteiger partial charge in [0.05, 0.1) is 6.54 Å². The largest absolute Gasteiger partial charge is 0.357 e. The molecule has 1 aliphatic rings. The van der Waals surface area contributed by atoms with E-state index in [4.69, 9.17) is 4.99 Å². The van der Waals surface area contributed by atoms with Gasteiger partial charge in [0.2, 0.25) is 0 Å². The number of hydrogen-bond donors (Lipinski definition) is 1. The maximum Gasteiger partial charge on any atom is 0.194 e. The van der Waals surface area contributed by atoms with Gasteiger partial charge in [-0.1, -0.05) is 13.8 Å². The molecule has 1 saturated heterocycles. The van der Waals surface area contributed by atoms with Crippen LogP contribution in [-0.4, -0.2) is 72.6 Å². The van der Waals surface area contributed by atoms with Crippen LogP contribution < -0.4 is 5.32 Å². The molecule has 1 rings (SSSR count). The Morgan fingerprint density at radius 2 is 2.10 bits per heavy atom. The first kappa shape index (κ1) is 18.6. The van der Waals surface area contributed by atoms with E-state index in [1.165, 1.54) is 5.75 Å². The smallest absolute Gasteiger partial charge is 0.194 e. The summed E-state index contributed by atoms with van der Waals surface area (Å²) >= 11 is 2.11. The summed E-state index contributed by atoms with van der Waals surface area (Å²) < 4.78 is 0. The Hall–Kier alpha value is -0.420. The van der Waals surface area contributed by atoms with Crippen LogP contribution in [-0.2, 0) is 0 Å². The van der Waals surface area contributed by atoms with Gasteiger partial charge < -0.3 is 15.1 Å². The lowest BCUT2D eigenvalue weighted by molar-refractivity contribution is 0.281. The Balaban J connectivity index is 2.58. The molecule has 1 unspecified atom stereocenters.